The van der Waals surface area contributed by atoms with Gasteiger partial charge >= 0.3 is 5.97 Å². The van der Waals surface area contributed by atoms with Crippen LogP contribution in [0.3, 0.4) is 0 Å². The van der Waals surface area contributed by atoms with E-state index in [2.05, 4.69) is 23.4 Å². The third kappa shape index (κ3) is 7.41. The van der Waals surface area contributed by atoms with Gasteiger partial charge in [0, 0.05) is 11.6 Å². The zero-order valence-corrected chi connectivity index (χ0v) is 15.9. The normalized spacial score (nSPS) is 14.0. The van der Waals surface area contributed by atoms with Crippen molar-refractivity contribution in [3.05, 3.63) is 48.0 Å². The van der Waals surface area contributed by atoms with Crippen molar-refractivity contribution in [1.29, 1.82) is 0 Å². The first kappa shape index (κ1) is 20.6. The maximum Gasteiger partial charge on any atom is 0.333 e. The van der Waals surface area contributed by atoms with Crippen molar-refractivity contribution in [3.63, 3.8) is 0 Å². The van der Waals surface area contributed by atoms with E-state index >= 15 is 0 Å². The zero-order valence-electron chi connectivity index (χ0n) is 15.1. The minimum absolute atomic E-state index is 0.0952. The van der Waals surface area contributed by atoms with E-state index in [0.29, 0.717) is 18.6 Å². The summed E-state index contributed by atoms with van der Waals surface area (Å²) in [6, 6.07) is 10.0. The summed E-state index contributed by atoms with van der Waals surface area (Å²) in [4.78, 5) is 11.8. The Balaban J connectivity index is 2.73. The highest BCUT2D eigenvalue weighted by atomic mass is 32.2. The van der Waals surface area contributed by atoms with E-state index in [1.54, 1.807) is 6.92 Å². The highest BCUT2D eigenvalue weighted by molar-refractivity contribution is 7.84. The summed E-state index contributed by atoms with van der Waals surface area (Å²) < 4.78 is 20.2. The first-order chi connectivity index (χ1) is 11.2. The molecule has 4 nitrogen and oxygen atoms in total. The van der Waals surface area contributed by atoms with Gasteiger partial charge in [0.05, 0.1) is 22.3 Å². The molecule has 1 unspecified atom stereocenters. The van der Waals surface area contributed by atoms with Crippen LogP contribution < -0.4 is 4.72 Å². The zero-order chi connectivity index (χ0) is 18.2. The fourth-order valence-corrected chi connectivity index (χ4v) is 2.99. The summed E-state index contributed by atoms with van der Waals surface area (Å²) in [7, 11) is -1.20. The Hall–Kier alpha value is -1.46. The standard InChI is InChI=1S/C19H29NO3S/c1-6-23-18(21)15(2)14-17(20-24(22)19(3,4)5)13-12-16-10-8-7-9-11-16/h7-11,17,20H,2,6,12-14H2,1,3-5H3/t17-,24?/m1/s1. The summed E-state index contributed by atoms with van der Waals surface area (Å²) in [5.41, 5.74) is 1.63. The SMILES string of the molecule is C=C(C[C@@H](CCc1ccccc1)NS(=O)C(C)(C)C)C(=O)OCC. The highest BCUT2D eigenvalue weighted by Crippen LogP contribution is 2.16. The van der Waals surface area contributed by atoms with Crippen molar-refractivity contribution in [2.75, 3.05) is 6.61 Å². The fraction of sp³-hybridized carbons (Fsp3) is 0.526. The molecule has 1 aromatic carbocycles. The first-order valence-corrected chi connectivity index (χ1v) is 9.46. The Kier molecular flexibility index (Phi) is 8.36. The van der Waals surface area contributed by atoms with Gasteiger partial charge in [-0.3, -0.25) is 0 Å². The molecule has 0 saturated carbocycles. The second-order valence-corrected chi connectivity index (χ2v) is 8.75. The third-order valence-corrected chi connectivity index (χ3v) is 5.17. The van der Waals surface area contributed by atoms with Crippen molar-refractivity contribution in [2.24, 2.45) is 0 Å². The van der Waals surface area contributed by atoms with Crippen LogP contribution in [-0.4, -0.2) is 27.6 Å². The van der Waals surface area contributed by atoms with E-state index < -0.39 is 11.0 Å². The predicted octanol–water partition coefficient (Wildman–Crippen LogP) is 3.55. The Morgan fingerprint density at radius 1 is 1.29 bits per heavy atom. The van der Waals surface area contributed by atoms with Gasteiger partial charge in [-0.15, -0.1) is 0 Å². The molecule has 0 heterocycles. The summed E-state index contributed by atoms with van der Waals surface area (Å²) in [6.07, 6.45) is 2.04. The molecule has 0 fully saturated rings. The molecule has 1 rings (SSSR count). The van der Waals surface area contributed by atoms with Crippen LogP contribution in [0.15, 0.2) is 42.5 Å². The largest absolute Gasteiger partial charge is 0.463 e. The molecule has 0 bridgehead atoms. The molecule has 24 heavy (non-hydrogen) atoms. The average Bonchev–Trinajstić information content (AvgIpc) is 2.52. The van der Waals surface area contributed by atoms with Crippen LogP contribution >= 0.6 is 0 Å². The minimum atomic E-state index is -1.20. The number of rotatable bonds is 9. The topological polar surface area (TPSA) is 55.4 Å². The fourth-order valence-electron chi connectivity index (χ4n) is 2.13. The lowest BCUT2D eigenvalue weighted by Crippen LogP contribution is -2.40. The molecule has 134 valence electrons. The van der Waals surface area contributed by atoms with Crippen LogP contribution in [-0.2, 0) is 26.9 Å². The molecular weight excluding hydrogens is 322 g/mol. The average molecular weight is 352 g/mol. The molecule has 0 aliphatic carbocycles. The van der Waals surface area contributed by atoms with E-state index in [4.69, 9.17) is 4.74 Å². The van der Waals surface area contributed by atoms with Crippen LogP contribution in [0.5, 0.6) is 0 Å². The smallest absolute Gasteiger partial charge is 0.333 e. The maximum atomic E-state index is 12.4. The number of benzene rings is 1. The summed E-state index contributed by atoms with van der Waals surface area (Å²) >= 11 is 0. The number of hydrogen-bond donors (Lipinski definition) is 1. The lowest BCUT2D eigenvalue weighted by molar-refractivity contribution is -0.138. The number of nitrogens with one attached hydrogen (secondary N) is 1. The first-order valence-electron chi connectivity index (χ1n) is 8.31. The third-order valence-electron chi connectivity index (χ3n) is 3.51. The molecule has 2 atom stereocenters. The van der Waals surface area contributed by atoms with Gasteiger partial charge in [-0.25, -0.2) is 13.7 Å². The summed E-state index contributed by atoms with van der Waals surface area (Å²) in [5, 5.41) is 0. The number of carbonyl (C=O) groups is 1. The Labute approximate surface area is 148 Å². The van der Waals surface area contributed by atoms with Gasteiger partial charge in [0.15, 0.2) is 0 Å². The molecule has 0 radical (unpaired) electrons. The van der Waals surface area contributed by atoms with E-state index in [9.17, 15) is 9.00 Å². The minimum Gasteiger partial charge on any atom is -0.463 e. The summed E-state index contributed by atoms with van der Waals surface area (Å²) in [5.74, 6) is -0.384. The van der Waals surface area contributed by atoms with Gasteiger partial charge in [0.2, 0.25) is 0 Å². The Morgan fingerprint density at radius 2 is 1.92 bits per heavy atom. The van der Waals surface area contributed by atoms with E-state index in [0.717, 1.165) is 12.8 Å². The Bertz CT molecular complexity index is 564. The van der Waals surface area contributed by atoms with Crippen LogP contribution in [0.25, 0.3) is 0 Å². The molecule has 0 aromatic heterocycles. The van der Waals surface area contributed by atoms with Crippen molar-refractivity contribution < 1.29 is 13.7 Å². The van der Waals surface area contributed by atoms with Crippen LogP contribution in [0, 0.1) is 0 Å². The van der Waals surface area contributed by atoms with Crippen LogP contribution in [0.1, 0.15) is 46.1 Å². The molecule has 1 aromatic rings. The van der Waals surface area contributed by atoms with Crippen LogP contribution in [0.4, 0.5) is 0 Å². The highest BCUT2D eigenvalue weighted by Gasteiger charge is 2.24. The van der Waals surface area contributed by atoms with Crippen molar-refractivity contribution >= 4 is 17.0 Å². The van der Waals surface area contributed by atoms with Crippen molar-refractivity contribution in [3.8, 4) is 0 Å². The lowest BCUT2D eigenvalue weighted by atomic mass is 10.0. The van der Waals surface area contributed by atoms with E-state index in [-0.39, 0.29) is 16.8 Å². The molecule has 0 aliphatic rings. The molecule has 1 N–H and O–H groups in total. The van der Waals surface area contributed by atoms with Gasteiger partial charge in [-0.05, 0) is 52.5 Å². The lowest BCUT2D eigenvalue weighted by Gasteiger charge is -2.24. The van der Waals surface area contributed by atoms with Gasteiger partial charge in [-0.1, -0.05) is 36.9 Å². The molecule has 5 heteroatoms. The van der Waals surface area contributed by atoms with Crippen molar-refractivity contribution in [1.82, 2.24) is 4.72 Å². The van der Waals surface area contributed by atoms with Crippen molar-refractivity contribution in [2.45, 2.75) is 57.7 Å². The van der Waals surface area contributed by atoms with Gasteiger partial charge in [0.1, 0.15) is 0 Å². The quantitative estimate of drug-likeness (QED) is 0.547. The monoisotopic (exact) mass is 351 g/mol. The van der Waals surface area contributed by atoms with Crippen LogP contribution in [0.2, 0.25) is 0 Å². The second-order valence-electron chi connectivity index (χ2n) is 6.75. The molecular formula is C19H29NO3S. The number of carbonyl (C=O) groups excluding carboxylic acids is 1. The number of aryl methyl sites for hydroxylation is 1. The number of esters is 1. The molecule has 0 saturated heterocycles. The molecule has 0 amide bonds. The Morgan fingerprint density at radius 3 is 2.46 bits per heavy atom. The second kappa shape index (κ2) is 9.74. The number of ether oxygens (including phenoxy) is 1. The molecule has 0 aliphatic heterocycles. The number of hydrogen-bond acceptors (Lipinski definition) is 3. The summed E-state index contributed by atoms with van der Waals surface area (Å²) in [6.45, 7) is 11.7. The van der Waals surface area contributed by atoms with E-state index in [1.807, 2.05) is 39.0 Å². The molecule has 0 spiro atoms. The predicted molar refractivity (Wildman–Crippen MR) is 100.0 cm³/mol. The van der Waals surface area contributed by atoms with Gasteiger partial charge < -0.3 is 4.74 Å². The van der Waals surface area contributed by atoms with Gasteiger partial charge in [0.25, 0.3) is 0 Å². The van der Waals surface area contributed by atoms with E-state index in [1.165, 1.54) is 5.56 Å². The van der Waals surface area contributed by atoms with Gasteiger partial charge in [-0.2, -0.15) is 0 Å². The maximum absolute atomic E-state index is 12.4.